The molecule has 1 heterocycles. The number of nitrogens with zero attached hydrogens (tertiary/aromatic N) is 1. The van der Waals surface area contributed by atoms with Crippen LogP contribution in [-0.2, 0) is 32.7 Å². The van der Waals surface area contributed by atoms with Crippen molar-refractivity contribution < 1.29 is 26.2 Å². The first-order valence-electron chi connectivity index (χ1n) is 10.4. The molecule has 0 aromatic heterocycles. The molecule has 0 spiro atoms. The van der Waals surface area contributed by atoms with E-state index in [0.717, 1.165) is 19.6 Å². The Balaban J connectivity index is 0.000000333. The largest absolute Gasteiger partial charge is 2.00 e. The SMILES string of the molecule is [CH2-]C1(C)CN(Cc2ccccc2)CC1=[C-][Si](C)(C)C.[CH]1[CH][CH][CH][CH]1.[CH]1[CH][CH][CH][CH]1.[Zr+2]. The minimum absolute atomic E-state index is 0. The number of hydrogen-bond donors (Lipinski definition) is 0. The van der Waals surface area contributed by atoms with Crippen LogP contribution in [-0.4, -0.2) is 26.1 Å². The van der Waals surface area contributed by atoms with Crippen LogP contribution in [0.25, 0.3) is 0 Å². The van der Waals surface area contributed by atoms with E-state index in [9.17, 15) is 0 Å². The smallest absolute Gasteiger partial charge is 0.499 e. The van der Waals surface area contributed by atoms with Crippen molar-refractivity contribution in [3.63, 3.8) is 0 Å². The second-order valence-electron chi connectivity index (χ2n) is 8.97. The standard InChI is InChI=1S/C17H25NSi.2C5H5.Zr/c1-17(2)14-18(11-15-9-7-6-8-10-15)12-16(17)13-19(3,4)5;2*1-2-4-5-3-1;/h6-10H,1,11-12,14H2,2-5H3;2*1-5H;/q-2;;;+2. The number of likely N-dealkylation sites (tertiary alicyclic amines) is 1. The van der Waals surface area contributed by atoms with Gasteiger partial charge in [-0.15, -0.1) is 8.07 Å². The Kier molecular flexibility index (Phi) is 13.3. The summed E-state index contributed by atoms with van der Waals surface area (Å²) in [6.45, 7) is 16.8. The molecule has 3 heteroatoms. The van der Waals surface area contributed by atoms with Crippen molar-refractivity contribution in [1.82, 2.24) is 4.90 Å². The van der Waals surface area contributed by atoms with Crippen LogP contribution in [0.4, 0.5) is 0 Å². The summed E-state index contributed by atoms with van der Waals surface area (Å²) in [7, 11) is -1.29. The molecular formula is C27H35NSiZr. The molecule has 1 saturated heterocycles. The summed E-state index contributed by atoms with van der Waals surface area (Å²) in [5.74, 6) is 0. The Morgan fingerprint density at radius 3 is 1.70 bits per heavy atom. The zero-order valence-electron chi connectivity index (χ0n) is 18.9. The zero-order valence-corrected chi connectivity index (χ0v) is 22.4. The first-order chi connectivity index (χ1) is 13.8. The van der Waals surface area contributed by atoms with Crippen molar-refractivity contribution in [1.29, 1.82) is 0 Å². The third-order valence-corrected chi connectivity index (χ3v) is 5.62. The van der Waals surface area contributed by atoms with Gasteiger partial charge in [0.2, 0.25) is 0 Å². The second-order valence-corrected chi connectivity index (χ2v) is 13.7. The topological polar surface area (TPSA) is 3.24 Å². The quantitative estimate of drug-likeness (QED) is 0.370. The number of benzene rings is 1. The van der Waals surface area contributed by atoms with Crippen molar-refractivity contribution in [2.75, 3.05) is 13.1 Å². The van der Waals surface area contributed by atoms with Gasteiger partial charge in [0.05, 0.1) is 0 Å². The van der Waals surface area contributed by atoms with Gasteiger partial charge in [0, 0.05) is 6.54 Å². The second kappa shape index (κ2) is 14.2. The fourth-order valence-corrected chi connectivity index (χ4v) is 4.58. The average Bonchev–Trinajstić information content (AvgIpc) is 3.41. The normalized spacial score (nSPS) is 25.2. The molecule has 1 atom stereocenters. The van der Waals surface area contributed by atoms with E-state index in [1.807, 2.05) is 64.2 Å². The summed E-state index contributed by atoms with van der Waals surface area (Å²) in [6.07, 6.45) is 20.0. The molecule has 30 heavy (non-hydrogen) atoms. The van der Waals surface area contributed by atoms with Crippen LogP contribution in [0.5, 0.6) is 0 Å². The first kappa shape index (κ1) is 28.1. The maximum atomic E-state index is 4.41. The molecule has 2 aliphatic carbocycles. The number of rotatable bonds is 3. The molecule has 4 rings (SSSR count). The predicted molar refractivity (Wildman–Crippen MR) is 128 cm³/mol. The minimum atomic E-state index is -1.29. The first-order valence-corrected chi connectivity index (χ1v) is 13.9. The van der Waals surface area contributed by atoms with Crippen molar-refractivity contribution in [2.45, 2.75) is 33.1 Å². The van der Waals surface area contributed by atoms with E-state index in [2.05, 4.69) is 74.4 Å². The van der Waals surface area contributed by atoms with Crippen LogP contribution in [0, 0.1) is 82.2 Å². The van der Waals surface area contributed by atoms with Gasteiger partial charge in [-0.3, -0.25) is 10.5 Å². The fourth-order valence-electron chi connectivity index (χ4n) is 3.30. The summed E-state index contributed by atoms with van der Waals surface area (Å²) in [5.41, 5.74) is 6.61. The summed E-state index contributed by atoms with van der Waals surface area (Å²) in [4.78, 5) is 2.49. The van der Waals surface area contributed by atoms with Crippen molar-refractivity contribution in [3.8, 4) is 0 Å². The van der Waals surface area contributed by atoms with Gasteiger partial charge in [-0.2, -0.15) is 5.41 Å². The van der Waals surface area contributed by atoms with Gasteiger partial charge in [0.25, 0.3) is 0 Å². The van der Waals surface area contributed by atoms with Crippen molar-refractivity contribution in [3.05, 3.63) is 118 Å². The molecule has 1 nitrogen and oxygen atoms in total. The maximum Gasteiger partial charge on any atom is 2.00 e. The van der Waals surface area contributed by atoms with Gasteiger partial charge in [-0.1, -0.05) is 56.9 Å². The van der Waals surface area contributed by atoms with Crippen molar-refractivity contribution >= 4 is 8.07 Å². The summed E-state index contributed by atoms with van der Waals surface area (Å²) in [5, 5.41) is 0. The molecule has 1 aromatic carbocycles. The number of hydrogen-bond acceptors (Lipinski definition) is 1. The molecule has 1 aromatic rings. The van der Waals surface area contributed by atoms with E-state index >= 15 is 0 Å². The summed E-state index contributed by atoms with van der Waals surface area (Å²) < 4.78 is 0. The molecule has 156 valence electrons. The van der Waals surface area contributed by atoms with Crippen LogP contribution in [0.3, 0.4) is 0 Å². The minimum Gasteiger partial charge on any atom is -0.499 e. The van der Waals surface area contributed by atoms with Gasteiger partial charge >= 0.3 is 26.2 Å². The van der Waals surface area contributed by atoms with E-state index in [4.69, 9.17) is 0 Å². The van der Waals surface area contributed by atoms with Gasteiger partial charge in [0.15, 0.2) is 0 Å². The zero-order chi connectivity index (χ0) is 21.2. The molecule has 2 saturated carbocycles. The molecule has 1 unspecified atom stereocenters. The van der Waals surface area contributed by atoms with Gasteiger partial charge in [-0.25, -0.2) is 0 Å². The van der Waals surface area contributed by atoms with Crippen LogP contribution in [0.1, 0.15) is 12.5 Å². The van der Waals surface area contributed by atoms with Crippen LogP contribution >= 0.6 is 0 Å². The van der Waals surface area contributed by atoms with E-state index in [1.165, 1.54) is 11.1 Å². The molecule has 0 bridgehead atoms. The van der Waals surface area contributed by atoms with Gasteiger partial charge in [-0.05, 0) is 82.9 Å². The van der Waals surface area contributed by atoms with Gasteiger partial charge in [0.1, 0.15) is 0 Å². The van der Waals surface area contributed by atoms with Gasteiger partial charge < -0.3 is 12.6 Å². The Labute approximate surface area is 208 Å². The fraction of sp³-hybridized carbons (Fsp3) is 0.296. The maximum absolute atomic E-state index is 4.41. The Morgan fingerprint density at radius 1 is 0.867 bits per heavy atom. The third kappa shape index (κ3) is 11.6. The van der Waals surface area contributed by atoms with Crippen molar-refractivity contribution in [2.24, 2.45) is 5.41 Å². The van der Waals surface area contributed by atoms with E-state index in [-0.39, 0.29) is 31.6 Å². The monoisotopic (exact) mass is 491 g/mol. The summed E-state index contributed by atoms with van der Waals surface area (Å²) >= 11 is 0. The Bertz CT molecular complexity index is 570. The Morgan fingerprint density at radius 2 is 1.30 bits per heavy atom. The summed E-state index contributed by atoms with van der Waals surface area (Å²) in [6, 6.07) is 10.7. The molecule has 0 N–H and O–H groups in total. The molecular weight excluding hydrogens is 458 g/mol. The molecule has 3 aliphatic rings. The third-order valence-electron chi connectivity index (χ3n) is 4.57. The Hall–Kier alpha value is 0.0200. The predicted octanol–water partition coefficient (Wildman–Crippen LogP) is 5.99. The molecule has 0 amide bonds. The average molecular weight is 493 g/mol. The van der Waals surface area contributed by atoms with Crippen LogP contribution in [0.15, 0.2) is 35.9 Å². The van der Waals surface area contributed by atoms with Crippen LogP contribution in [0.2, 0.25) is 19.6 Å². The molecule has 1 aliphatic heterocycles. The molecule has 3 fully saturated rings. The van der Waals surface area contributed by atoms with E-state index in [1.54, 1.807) is 0 Å². The van der Waals surface area contributed by atoms with Crippen LogP contribution < -0.4 is 0 Å². The van der Waals surface area contributed by atoms with E-state index in [0.29, 0.717) is 0 Å². The molecule has 10 radical (unpaired) electrons. The van der Waals surface area contributed by atoms with E-state index < -0.39 is 8.07 Å².